The predicted octanol–water partition coefficient (Wildman–Crippen LogP) is 2.38. The quantitative estimate of drug-likeness (QED) is 0.904. The number of nitrogens with zero attached hydrogens (tertiary/aromatic N) is 1. The van der Waals surface area contributed by atoms with Crippen LogP contribution in [0.5, 0.6) is 0 Å². The van der Waals surface area contributed by atoms with Crippen LogP contribution >= 0.6 is 11.3 Å². The molecule has 0 saturated heterocycles. The van der Waals surface area contributed by atoms with Gasteiger partial charge in [-0.25, -0.2) is 4.98 Å². The first-order valence-corrected chi connectivity index (χ1v) is 6.24. The summed E-state index contributed by atoms with van der Waals surface area (Å²) < 4.78 is 0. The average Bonchev–Trinajstić information content (AvgIpc) is 2.77. The summed E-state index contributed by atoms with van der Waals surface area (Å²) in [4.78, 5) is 15.9. The number of carbonyl (C=O) groups excluding carboxylic acids is 1. The van der Waals surface area contributed by atoms with E-state index in [2.05, 4.69) is 4.98 Å². The Labute approximate surface area is 104 Å². The zero-order chi connectivity index (χ0) is 12.4. The van der Waals surface area contributed by atoms with E-state index < -0.39 is 5.92 Å². The van der Waals surface area contributed by atoms with Crippen molar-refractivity contribution in [3.8, 4) is 0 Å². The van der Waals surface area contributed by atoms with Crippen LogP contribution in [-0.4, -0.2) is 10.9 Å². The highest BCUT2D eigenvalue weighted by Gasteiger charge is 2.24. The van der Waals surface area contributed by atoms with Gasteiger partial charge >= 0.3 is 0 Å². The molecule has 0 aliphatic carbocycles. The number of hydrogen-bond acceptors (Lipinski definition) is 3. The molecule has 1 amide bonds. The van der Waals surface area contributed by atoms with Gasteiger partial charge in [0.05, 0.1) is 0 Å². The molecule has 1 aromatic heterocycles. The first-order valence-electron chi connectivity index (χ1n) is 5.36. The van der Waals surface area contributed by atoms with Gasteiger partial charge in [-0.3, -0.25) is 4.79 Å². The molecule has 0 radical (unpaired) electrons. The Hall–Kier alpha value is -1.68. The molecule has 2 aromatic rings. The summed E-state index contributed by atoms with van der Waals surface area (Å²) in [5, 5.41) is 2.61. The van der Waals surface area contributed by atoms with Crippen LogP contribution in [0.15, 0.2) is 29.8 Å². The fourth-order valence-corrected chi connectivity index (χ4v) is 2.63. The molecule has 4 heteroatoms. The van der Waals surface area contributed by atoms with Crippen LogP contribution in [0, 0.1) is 13.8 Å². The minimum absolute atomic E-state index is 0.353. The summed E-state index contributed by atoms with van der Waals surface area (Å²) in [5.74, 6) is -0.788. The second-order valence-electron chi connectivity index (χ2n) is 3.99. The molecule has 17 heavy (non-hydrogen) atoms. The van der Waals surface area contributed by atoms with Crippen molar-refractivity contribution in [3.63, 3.8) is 0 Å². The highest BCUT2D eigenvalue weighted by molar-refractivity contribution is 7.09. The minimum atomic E-state index is -0.435. The van der Waals surface area contributed by atoms with Crippen LogP contribution in [0.25, 0.3) is 0 Å². The molecule has 1 atom stereocenters. The molecule has 88 valence electrons. The van der Waals surface area contributed by atoms with Gasteiger partial charge in [-0.15, -0.1) is 11.3 Å². The molecule has 2 N–H and O–H groups in total. The molecule has 3 nitrogen and oxygen atoms in total. The third-order valence-electron chi connectivity index (χ3n) is 2.94. The number of aromatic nitrogens is 1. The monoisotopic (exact) mass is 246 g/mol. The van der Waals surface area contributed by atoms with E-state index in [4.69, 9.17) is 5.73 Å². The number of thiazole rings is 1. The SMILES string of the molecule is Cc1cccc(C(C(N)=O)c2nccs2)c1C. The van der Waals surface area contributed by atoms with E-state index in [0.29, 0.717) is 0 Å². The van der Waals surface area contributed by atoms with Crippen molar-refractivity contribution in [2.24, 2.45) is 5.73 Å². The number of amides is 1. The molecule has 1 unspecified atom stereocenters. The highest BCUT2D eigenvalue weighted by Crippen LogP contribution is 2.29. The van der Waals surface area contributed by atoms with Crippen LogP contribution in [0.3, 0.4) is 0 Å². The Balaban J connectivity index is 2.55. The molecular formula is C13H14N2OS. The Morgan fingerprint density at radius 3 is 2.76 bits per heavy atom. The van der Waals surface area contributed by atoms with Gasteiger partial charge in [-0.05, 0) is 30.5 Å². The summed E-state index contributed by atoms with van der Waals surface area (Å²) in [7, 11) is 0. The normalized spacial score (nSPS) is 12.4. The maximum Gasteiger partial charge on any atom is 0.231 e. The van der Waals surface area contributed by atoms with Gasteiger partial charge in [0.2, 0.25) is 5.91 Å². The van der Waals surface area contributed by atoms with Gasteiger partial charge in [-0.1, -0.05) is 18.2 Å². The Morgan fingerprint density at radius 2 is 2.18 bits per heavy atom. The fourth-order valence-electron chi connectivity index (χ4n) is 1.87. The molecule has 0 fully saturated rings. The lowest BCUT2D eigenvalue weighted by Gasteiger charge is -2.15. The summed E-state index contributed by atoms with van der Waals surface area (Å²) in [6.07, 6.45) is 1.70. The van der Waals surface area contributed by atoms with E-state index in [1.807, 2.05) is 37.4 Å². The predicted molar refractivity (Wildman–Crippen MR) is 69.1 cm³/mol. The Morgan fingerprint density at radius 1 is 1.41 bits per heavy atom. The van der Waals surface area contributed by atoms with E-state index in [-0.39, 0.29) is 5.91 Å². The number of rotatable bonds is 3. The van der Waals surface area contributed by atoms with Crippen LogP contribution in [0.2, 0.25) is 0 Å². The molecule has 0 saturated carbocycles. The fraction of sp³-hybridized carbons (Fsp3) is 0.231. The van der Waals surface area contributed by atoms with Gasteiger partial charge in [-0.2, -0.15) is 0 Å². The lowest BCUT2D eigenvalue weighted by molar-refractivity contribution is -0.118. The van der Waals surface area contributed by atoms with Gasteiger partial charge in [0.1, 0.15) is 10.9 Å². The largest absolute Gasteiger partial charge is 0.369 e. The van der Waals surface area contributed by atoms with Gasteiger partial charge < -0.3 is 5.73 Å². The van der Waals surface area contributed by atoms with Crippen molar-refractivity contribution in [2.75, 3.05) is 0 Å². The van der Waals surface area contributed by atoms with E-state index in [1.165, 1.54) is 11.3 Å². The number of hydrogen-bond donors (Lipinski definition) is 1. The highest BCUT2D eigenvalue weighted by atomic mass is 32.1. The first-order chi connectivity index (χ1) is 8.11. The molecule has 0 spiro atoms. The number of nitrogens with two attached hydrogens (primary N) is 1. The third-order valence-corrected chi connectivity index (χ3v) is 3.78. The molecule has 2 rings (SSSR count). The second-order valence-corrected chi connectivity index (χ2v) is 4.92. The van der Waals surface area contributed by atoms with Crippen LogP contribution in [0.1, 0.15) is 27.6 Å². The smallest absolute Gasteiger partial charge is 0.231 e. The number of benzene rings is 1. The topological polar surface area (TPSA) is 56.0 Å². The van der Waals surface area contributed by atoms with Crippen molar-refractivity contribution < 1.29 is 4.79 Å². The summed E-state index contributed by atoms with van der Waals surface area (Å²) >= 11 is 1.46. The number of carbonyl (C=O) groups is 1. The van der Waals surface area contributed by atoms with Gasteiger partial charge in [0, 0.05) is 11.6 Å². The van der Waals surface area contributed by atoms with E-state index in [9.17, 15) is 4.79 Å². The first kappa shape index (κ1) is 11.8. The third kappa shape index (κ3) is 2.22. The zero-order valence-electron chi connectivity index (χ0n) is 9.81. The molecular weight excluding hydrogens is 232 g/mol. The summed E-state index contributed by atoms with van der Waals surface area (Å²) in [6, 6.07) is 5.92. The summed E-state index contributed by atoms with van der Waals surface area (Å²) in [6.45, 7) is 4.03. The van der Waals surface area contributed by atoms with Crippen LogP contribution in [0.4, 0.5) is 0 Å². The van der Waals surface area contributed by atoms with Crippen LogP contribution < -0.4 is 5.73 Å². The lowest BCUT2D eigenvalue weighted by Crippen LogP contribution is -2.23. The maximum absolute atomic E-state index is 11.7. The molecule has 1 aromatic carbocycles. The van der Waals surface area contributed by atoms with Crippen molar-refractivity contribution in [1.29, 1.82) is 0 Å². The van der Waals surface area contributed by atoms with E-state index in [0.717, 1.165) is 21.7 Å². The van der Waals surface area contributed by atoms with Crippen molar-refractivity contribution in [2.45, 2.75) is 19.8 Å². The van der Waals surface area contributed by atoms with Crippen molar-refractivity contribution >= 4 is 17.2 Å². The molecule has 0 bridgehead atoms. The zero-order valence-corrected chi connectivity index (χ0v) is 10.6. The number of primary amides is 1. The van der Waals surface area contributed by atoms with E-state index in [1.54, 1.807) is 6.20 Å². The van der Waals surface area contributed by atoms with Gasteiger partial charge in [0.25, 0.3) is 0 Å². The minimum Gasteiger partial charge on any atom is -0.369 e. The van der Waals surface area contributed by atoms with Gasteiger partial charge in [0.15, 0.2) is 0 Å². The standard InChI is InChI=1S/C13H14N2OS/c1-8-4-3-5-10(9(8)2)11(12(14)16)13-15-6-7-17-13/h3-7,11H,1-2H3,(H2,14,16). The van der Waals surface area contributed by atoms with E-state index >= 15 is 0 Å². The second kappa shape index (κ2) is 4.67. The van der Waals surface area contributed by atoms with Crippen LogP contribution in [-0.2, 0) is 4.79 Å². The Bertz CT molecular complexity index is 534. The maximum atomic E-state index is 11.7. The Kier molecular flexibility index (Phi) is 3.24. The van der Waals surface area contributed by atoms with Crippen molar-refractivity contribution in [3.05, 3.63) is 51.5 Å². The summed E-state index contributed by atoms with van der Waals surface area (Å²) in [5.41, 5.74) is 8.72. The average molecular weight is 246 g/mol. The molecule has 0 aliphatic rings. The number of aryl methyl sites for hydroxylation is 1. The molecule has 0 aliphatic heterocycles. The molecule has 1 heterocycles. The van der Waals surface area contributed by atoms with Crippen molar-refractivity contribution in [1.82, 2.24) is 4.98 Å². The lowest BCUT2D eigenvalue weighted by atomic mass is 9.92.